The van der Waals surface area contributed by atoms with E-state index in [4.69, 9.17) is 0 Å². The molecule has 2 fully saturated rings. The van der Waals surface area contributed by atoms with E-state index in [1.807, 2.05) is 26.0 Å². The van der Waals surface area contributed by atoms with Gasteiger partial charge < -0.3 is 10.1 Å². The topological polar surface area (TPSA) is 50.2 Å². The summed E-state index contributed by atoms with van der Waals surface area (Å²) in [5, 5.41) is 12.6. The van der Waals surface area contributed by atoms with Crippen LogP contribution < -0.4 is 0 Å². The molecular weight excluding hydrogens is 709 g/mol. The van der Waals surface area contributed by atoms with E-state index >= 15 is 0 Å². The molecule has 1 N–H and O–H groups in total. The molecule has 1 heterocycles. The first kappa shape index (κ1) is 32.0. The van der Waals surface area contributed by atoms with E-state index in [2.05, 4.69) is 17.1 Å². The van der Waals surface area contributed by atoms with Gasteiger partial charge in [-0.05, 0) is 59.7 Å². The number of benzene rings is 3. The average Bonchev–Trinajstić information content (AvgIpc) is 2.97. The van der Waals surface area contributed by atoms with Crippen molar-refractivity contribution in [3.05, 3.63) is 89.3 Å². The van der Waals surface area contributed by atoms with Crippen LogP contribution >= 0.6 is 0 Å². The number of fused-ring (bicyclic) bond motifs is 3. The first-order valence-electron chi connectivity index (χ1n) is 14.9. The molecule has 0 atom stereocenters. The van der Waals surface area contributed by atoms with Crippen molar-refractivity contribution in [1.82, 2.24) is 4.98 Å². The van der Waals surface area contributed by atoms with Crippen molar-refractivity contribution in [2.75, 3.05) is 0 Å². The van der Waals surface area contributed by atoms with Crippen LogP contribution in [0, 0.1) is 43.4 Å². The fourth-order valence-corrected chi connectivity index (χ4v) is 6.42. The van der Waals surface area contributed by atoms with Gasteiger partial charge in [-0.25, -0.2) is 8.78 Å². The molecule has 4 aromatic rings. The summed E-state index contributed by atoms with van der Waals surface area (Å²) >= 11 is 0. The van der Waals surface area contributed by atoms with Crippen LogP contribution in [-0.2, 0) is 24.9 Å². The summed E-state index contributed by atoms with van der Waals surface area (Å²) in [4.78, 5) is 16.5. The summed E-state index contributed by atoms with van der Waals surface area (Å²) in [5.41, 5.74) is 3.81. The minimum Gasteiger partial charge on any atom is -0.512 e. The third kappa shape index (κ3) is 7.51. The Kier molecular flexibility index (Phi) is 11.0. The van der Waals surface area contributed by atoms with E-state index in [1.54, 1.807) is 24.4 Å². The van der Waals surface area contributed by atoms with Gasteiger partial charge in [0.05, 0.1) is 5.76 Å². The molecule has 42 heavy (non-hydrogen) atoms. The first-order valence-corrected chi connectivity index (χ1v) is 14.9. The van der Waals surface area contributed by atoms with Crippen molar-refractivity contribution in [1.29, 1.82) is 0 Å². The Balaban J connectivity index is 0.000000200. The van der Waals surface area contributed by atoms with Gasteiger partial charge in [-0.3, -0.25) is 4.79 Å². The van der Waals surface area contributed by atoms with Gasteiger partial charge >= 0.3 is 0 Å². The molecule has 0 bridgehead atoms. The Labute approximate surface area is 260 Å². The fraction of sp³-hybridized carbons (Fsp3) is 0.389. The molecule has 1 radical (unpaired) electrons. The third-order valence-electron chi connectivity index (χ3n) is 8.52. The number of rotatable bonds is 4. The van der Waals surface area contributed by atoms with Crippen LogP contribution in [0.2, 0.25) is 0 Å². The SMILES string of the molecule is Cc1[c-]c(-c2nccc3c2ccc2c(F)cc(F)cc23)cc(C)c1.O=C(/C=C(\O)C1CCCCC1)C1CCCCC1.[Ir]. The monoisotopic (exact) mass is 747 g/mol. The molecule has 1 aromatic heterocycles. The number of aryl methyl sites for hydroxylation is 2. The Hall–Kier alpha value is -2.95. The maximum Gasteiger partial charge on any atom is 0.162 e. The largest absolute Gasteiger partial charge is 0.512 e. The number of allylic oxidation sites excluding steroid dienone is 2. The number of carbonyl (C=O) groups excluding carboxylic acids is 1. The number of aliphatic hydroxyl groups is 1. The normalized spacial score (nSPS) is 16.5. The summed E-state index contributed by atoms with van der Waals surface area (Å²) in [5.74, 6) is -0.147. The maximum atomic E-state index is 14.0. The van der Waals surface area contributed by atoms with Gasteiger partial charge in [0.2, 0.25) is 0 Å². The fourth-order valence-electron chi connectivity index (χ4n) is 6.42. The number of aliphatic hydroxyl groups excluding tert-OH is 1. The molecule has 3 nitrogen and oxygen atoms in total. The van der Waals surface area contributed by atoms with Gasteiger partial charge in [-0.2, -0.15) is 0 Å². The van der Waals surface area contributed by atoms with E-state index in [-0.39, 0.29) is 37.7 Å². The van der Waals surface area contributed by atoms with Crippen LogP contribution in [-0.4, -0.2) is 15.9 Å². The van der Waals surface area contributed by atoms with Gasteiger partial charge in [-0.15, -0.1) is 34.9 Å². The summed E-state index contributed by atoms with van der Waals surface area (Å²) < 4.78 is 27.7. The van der Waals surface area contributed by atoms with Crippen molar-refractivity contribution in [3.63, 3.8) is 0 Å². The molecule has 2 aliphatic rings. The number of halogens is 2. The number of hydrogen-bond acceptors (Lipinski definition) is 3. The zero-order chi connectivity index (χ0) is 28.9. The van der Waals surface area contributed by atoms with E-state index in [9.17, 15) is 18.7 Å². The number of hydrogen-bond donors (Lipinski definition) is 1. The second-order valence-corrected chi connectivity index (χ2v) is 11.7. The molecule has 6 rings (SSSR count). The summed E-state index contributed by atoms with van der Waals surface area (Å²) in [7, 11) is 0. The van der Waals surface area contributed by atoms with Crippen LogP contribution in [0.3, 0.4) is 0 Å². The average molecular weight is 747 g/mol. The van der Waals surface area contributed by atoms with Crippen molar-refractivity contribution >= 4 is 27.3 Å². The number of pyridine rings is 1. The Morgan fingerprint density at radius 2 is 1.48 bits per heavy atom. The maximum absolute atomic E-state index is 14.0. The molecule has 3 aromatic carbocycles. The third-order valence-corrected chi connectivity index (χ3v) is 8.52. The molecule has 0 amide bonds. The van der Waals surface area contributed by atoms with Gasteiger partial charge in [0.1, 0.15) is 11.6 Å². The molecule has 2 aliphatic carbocycles. The van der Waals surface area contributed by atoms with Crippen LogP contribution in [0.1, 0.15) is 75.3 Å². The number of ketones is 1. The number of aromatic nitrogens is 1. The van der Waals surface area contributed by atoms with Crippen molar-refractivity contribution in [2.45, 2.75) is 78.1 Å². The molecule has 6 heteroatoms. The molecule has 0 saturated heterocycles. The van der Waals surface area contributed by atoms with Crippen molar-refractivity contribution in [2.24, 2.45) is 11.8 Å². The second kappa shape index (κ2) is 14.5. The predicted octanol–water partition coefficient (Wildman–Crippen LogP) is 9.91. The second-order valence-electron chi connectivity index (χ2n) is 11.7. The Morgan fingerprint density at radius 1 is 0.833 bits per heavy atom. The molecule has 2 saturated carbocycles. The molecule has 0 aliphatic heterocycles. The van der Waals surface area contributed by atoms with Crippen LogP contribution in [0.25, 0.3) is 32.8 Å². The van der Waals surface area contributed by atoms with E-state index in [0.717, 1.165) is 64.9 Å². The standard InChI is InChI=1S/C21H14F2N.C15H24O2.Ir/c1-12-7-13(2)9-14(8-12)21-18-4-3-17-19(16(18)5-6-24-21)10-15(22)11-20(17)23;16-14(12-7-3-1-4-8-12)11-15(17)13-9-5-2-6-10-13;/h3-8,10-11H,1-2H3;11-13,16H,1-10H2;/q-1;;/b;14-11-;. The summed E-state index contributed by atoms with van der Waals surface area (Å²) in [6.07, 6.45) is 14.7. The van der Waals surface area contributed by atoms with Crippen LogP contribution in [0.5, 0.6) is 0 Å². The molecule has 0 unspecified atom stereocenters. The number of carbonyl (C=O) groups is 1. The van der Waals surface area contributed by atoms with Gasteiger partial charge in [0, 0.05) is 55.7 Å². The molecule has 0 spiro atoms. The van der Waals surface area contributed by atoms with Crippen LogP contribution in [0.4, 0.5) is 8.78 Å². The minimum atomic E-state index is -0.580. The molecular formula is C36H38F2IrNO2-. The van der Waals surface area contributed by atoms with Crippen LogP contribution in [0.15, 0.2) is 60.5 Å². The Bertz CT molecular complexity index is 1570. The van der Waals surface area contributed by atoms with Gasteiger partial charge in [0.25, 0.3) is 0 Å². The first-order chi connectivity index (χ1) is 19.8. The zero-order valence-electron chi connectivity index (χ0n) is 24.3. The minimum absolute atomic E-state index is 0. The van der Waals surface area contributed by atoms with Gasteiger partial charge in [0.15, 0.2) is 5.78 Å². The summed E-state index contributed by atoms with van der Waals surface area (Å²) in [6.45, 7) is 4.01. The van der Waals surface area contributed by atoms with Gasteiger partial charge in [-0.1, -0.05) is 64.5 Å². The quantitative estimate of drug-likeness (QED) is 0.0980. The van der Waals surface area contributed by atoms with E-state index in [1.165, 1.54) is 44.6 Å². The van der Waals surface area contributed by atoms with E-state index < -0.39 is 11.6 Å². The Morgan fingerprint density at radius 3 is 2.14 bits per heavy atom. The molecule has 223 valence electrons. The number of nitrogens with zero attached hydrogens (tertiary/aromatic N) is 1. The zero-order valence-corrected chi connectivity index (χ0v) is 26.7. The van der Waals surface area contributed by atoms with E-state index in [0.29, 0.717) is 16.5 Å². The van der Waals surface area contributed by atoms with Crippen molar-refractivity contribution in [3.8, 4) is 11.3 Å². The smallest absolute Gasteiger partial charge is 0.162 e. The van der Waals surface area contributed by atoms with Crippen molar-refractivity contribution < 1.29 is 38.8 Å². The predicted molar refractivity (Wildman–Crippen MR) is 162 cm³/mol. The summed E-state index contributed by atoms with van der Waals surface area (Å²) in [6, 6.07) is 15.0.